The van der Waals surface area contributed by atoms with Crippen LogP contribution in [0.4, 0.5) is 5.69 Å². The molecule has 0 bridgehead atoms. The van der Waals surface area contributed by atoms with Crippen molar-refractivity contribution in [3.63, 3.8) is 0 Å². The highest BCUT2D eigenvalue weighted by atomic mass is 35.5. The molecular formula is C41H56ClN3O7. The highest BCUT2D eigenvalue weighted by Gasteiger charge is 2.67. The summed E-state index contributed by atoms with van der Waals surface area (Å²) in [5.74, 6) is 0.466. The lowest BCUT2D eigenvalue weighted by molar-refractivity contribution is -0.224. The first-order chi connectivity index (χ1) is 24.7. The molecule has 0 saturated heterocycles. The smallest absolute Gasteiger partial charge is 0.302 e. The van der Waals surface area contributed by atoms with Gasteiger partial charge < -0.3 is 24.8 Å². The third kappa shape index (κ3) is 7.64. The molecule has 1 aromatic carbocycles. The number of fused-ring (bicyclic) bond motifs is 6. The second-order valence-corrected chi connectivity index (χ2v) is 17.0. The number of rotatable bonds is 11. The number of nitrogens with one attached hydrogen (secondary N) is 2. The Kier molecular flexibility index (Phi) is 11.4. The van der Waals surface area contributed by atoms with Crippen LogP contribution in [0, 0.1) is 46.3 Å². The van der Waals surface area contributed by atoms with E-state index in [1.54, 1.807) is 6.20 Å². The van der Waals surface area contributed by atoms with Gasteiger partial charge in [-0.15, -0.1) is 0 Å². The zero-order chi connectivity index (χ0) is 37.4. The Bertz CT molecular complexity index is 1670. The Hall–Kier alpha value is -3.40. The van der Waals surface area contributed by atoms with Crippen molar-refractivity contribution in [1.29, 1.82) is 0 Å². The van der Waals surface area contributed by atoms with Gasteiger partial charge in [0.1, 0.15) is 18.3 Å². The zero-order valence-corrected chi connectivity index (χ0v) is 32.3. The fraction of sp³-hybridized carbons (Fsp3) is 0.683. The fourth-order valence-corrected chi connectivity index (χ4v) is 11.6. The van der Waals surface area contributed by atoms with Crippen molar-refractivity contribution in [1.82, 2.24) is 10.3 Å². The number of hydrogen-bond donors (Lipinski definition) is 2. The number of benzene rings is 1. The third-order valence-electron chi connectivity index (χ3n) is 13.7. The molecule has 11 atom stereocenters. The molecule has 284 valence electrons. The Morgan fingerprint density at radius 1 is 0.923 bits per heavy atom. The van der Waals surface area contributed by atoms with Crippen LogP contribution in [-0.2, 0) is 33.4 Å². The topological polar surface area (TPSA) is 133 Å². The molecular weight excluding hydrogens is 682 g/mol. The fourth-order valence-electron chi connectivity index (χ4n) is 11.4. The van der Waals surface area contributed by atoms with E-state index in [0.717, 1.165) is 68.0 Å². The molecule has 1 amide bonds. The largest absolute Gasteiger partial charge is 0.463 e. The van der Waals surface area contributed by atoms with E-state index in [4.69, 9.17) is 25.8 Å². The van der Waals surface area contributed by atoms with Crippen molar-refractivity contribution in [2.75, 3.05) is 18.4 Å². The van der Waals surface area contributed by atoms with Crippen LogP contribution in [-0.4, -0.2) is 60.2 Å². The van der Waals surface area contributed by atoms with E-state index in [9.17, 15) is 19.2 Å². The third-order valence-corrected chi connectivity index (χ3v) is 13.9. The molecule has 1 aromatic heterocycles. The summed E-state index contributed by atoms with van der Waals surface area (Å²) in [6, 6.07) is 7.54. The van der Waals surface area contributed by atoms with E-state index in [-0.39, 0.29) is 88.5 Å². The second kappa shape index (κ2) is 15.5. The summed E-state index contributed by atoms with van der Waals surface area (Å²) in [7, 11) is 0. The van der Waals surface area contributed by atoms with Crippen molar-refractivity contribution in [3.8, 4) is 0 Å². The molecule has 4 saturated carbocycles. The van der Waals surface area contributed by atoms with Crippen molar-refractivity contribution < 1.29 is 33.4 Å². The number of nitrogens with zero attached hydrogens (tertiary/aromatic N) is 1. The molecule has 11 heteroatoms. The van der Waals surface area contributed by atoms with Gasteiger partial charge in [-0.1, -0.05) is 32.4 Å². The molecule has 0 spiro atoms. The summed E-state index contributed by atoms with van der Waals surface area (Å²) >= 11 is 6.13. The number of amides is 1. The van der Waals surface area contributed by atoms with Gasteiger partial charge in [-0.2, -0.15) is 0 Å². The summed E-state index contributed by atoms with van der Waals surface area (Å²) in [6.07, 6.45) is 8.13. The summed E-state index contributed by atoms with van der Waals surface area (Å²) in [5.41, 5.74) is 1.39. The van der Waals surface area contributed by atoms with Crippen molar-refractivity contribution in [2.24, 2.45) is 46.3 Å². The van der Waals surface area contributed by atoms with Crippen LogP contribution in [0.1, 0.15) is 99.3 Å². The quantitative estimate of drug-likeness (QED) is 0.137. The number of pyridine rings is 1. The Balaban J connectivity index is 1.12. The maximum atomic E-state index is 13.1. The zero-order valence-electron chi connectivity index (χ0n) is 31.5. The number of hydrogen-bond acceptors (Lipinski definition) is 9. The molecule has 4 aliphatic rings. The summed E-state index contributed by atoms with van der Waals surface area (Å²) in [4.78, 5) is 54.6. The Morgan fingerprint density at radius 2 is 1.67 bits per heavy atom. The lowest BCUT2D eigenvalue weighted by Gasteiger charge is -2.64. The van der Waals surface area contributed by atoms with E-state index in [1.807, 2.05) is 24.3 Å². The van der Waals surface area contributed by atoms with Crippen LogP contribution in [0.2, 0.25) is 5.02 Å². The molecule has 2 aromatic rings. The first kappa shape index (κ1) is 38.3. The van der Waals surface area contributed by atoms with Gasteiger partial charge >= 0.3 is 17.9 Å². The first-order valence-corrected chi connectivity index (χ1v) is 19.6. The number of carbonyl (C=O) groups is 4. The monoisotopic (exact) mass is 737 g/mol. The molecule has 0 aliphatic heterocycles. The van der Waals surface area contributed by atoms with Gasteiger partial charge in [0.2, 0.25) is 5.91 Å². The predicted octanol–water partition coefficient (Wildman–Crippen LogP) is 7.51. The van der Waals surface area contributed by atoms with Crippen LogP contribution >= 0.6 is 11.6 Å². The van der Waals surface area contributed by atoms with Gasteiger partial charge in [0.15, 0.2) is 0 Å². The van der Waals surface area contributed by atoms with E-state index in [1.165, 1.54) is 20.8 Å². The van der Waals surface area contributed by atoms with E-state index in [0.29, 0.717) is 24.5 Å². The highest BCUT2D eigenvalue weighted by Crippen LogP contribution is 2.69. The Morgan fingerprint density at radius 3 is 2.40 bits per heavy atom. The molecule has 0 radical (unpaired) electrons. The number of carbonyl (C=O) groups excluding carboxylic acids is 4. The normalized spacial score (nSPS) is 34.2. The van der Waals surface area contributed by atoms with Crippen molar-refractivity contribution in [2.45, 2.75) is 118 Å². The number of halogens is 1. The number of anilines is 1. The van der Waals surface area contributed by atoms with Gasteiger partial charge in [-0.3, -0.25) is 24.2 Å². The van der Waals surface area contributed by atoms with Gasteiger partial charge in [0, 0.05) is 73.9 Å². The lowest BCUT2D eigenvalue weighted by Crippen LogP contribution is -2.63. The molecule has 52 heavy (non-hydrogen) atoms. The minimum absolute atomic E-state index is 0.0190. The second-order valence-electron chi connectivity index (χ2n) is 16.6. The van der Waals surface area contributed by atoms with Gasteiger partial charge in [-0.05, 0) is 111 Å². The maximum Gasteiger partial charge on any atom is 0.302 e. The highest BCUT2D eigenvalue weighted by molar-refractivity contribution is 6.31. The molecule has 4 aliphatic carbocycles. The average molecular weight is 738 g/mol. The average Bonchev–Trinajstić information content (AvgIpc) is 3.43. The van der Waals surface area contributed by atoms with Crippen LogP contribution in [0.3, 0.4) is 0 Å². The summed E-state index contributed by atoms with van der Waals surface area (Å²) in [5, 5.41) is 8.10. The molecule has 6 rings (SSSR count). The van der Waals surface area contributed by atoms with Crippen molar-refractivity contribution >= 4 is 52.0 Å². The first-order valence-electron chi connectivity index (χ1n) is 19.3. The van der Waals surface area contributed by atoms with Crippen molar-refractivity contribution in [3.05, 3.63) is 35.5 Å². The molecule has 10 nitrogen and oxygen atoms in total. The van der Waals surface area contributed by atoms with Crippen LogP contribution < -0.4 is 10.6 Å². The number of ether oxygens (including phenoxy) is 3. The van der Waals surface area contributed by atoms with Gasteiger partial charge in [-0.25, -0.2) is 0 Å². The van der Waals surface area contributed by atoms with Gasteiger partial charge in [0.05, 0.1) is 5.52 Å². The van der Waals surface area contributed by atoms with E-state index < -0.39 is 0 Å². The standard InChI is InChI=1S/C41H56ClN3O7/c1-23(7-12-38(49)45-18-17-44-34-14-16-43-35-21-28(42)8-9-30(34)35)31-10-11-32-39-33(22-37(41(31,32)6)52-26(4)48)40(5)15-13-29(50-24(2)46)19-27(40)20-36(39)51-25(3)47/h8-9,14,16,21,23,27,29,31-33,36-37,39H,7,10-13,15,17-20,22H2,1-6H3,(H,43,44)(H,45,49)/t23-,27+,29-,31-,32+,33+,36-,37+,39+,40+,41-/m1/s1. The van der Waals surface area contributed by atoms with E-state index in [2.05, 4.69) is 36.4 Å². The lowest BCUT2D eigenvalue weighted by atomic mass is 9.43. The number of esters is 3. The SMILES string of the molecule is CC(=O)O[C@@H]1CC[C@@]2(C)[C@@H](C1)C[C@@H](OC(C)=O)[C@@H]1[C@@H]2C[C@H](OC(C)=O)[C@]2(C)[C@@H]([C@H](C)CCC(=O)NCCNc3ccnc4cc(Cl)ccc34)CC[C@@H]12. The van der Waals surface area contributed by atoms with Crippen LogP contribution in [0.25, 0.3) is 10.9 Å². The predicted molar refractivity (Wildman–Crippen MR) is 199 cm³/mol. The molecule has 2 N–H and O–H groups in total. The van der Waals surface area contributed by atoms with E-state index >= 15 is 0 Å². The minimum atomic E-state index is -0.319. The maximum absolute atomic E-state index is 13.1. The van der Waals surface area contributed by atoms with Gasteiger partial charge in [0.25, 0.3) is 0 Å². The molecule has 1 heterocycles. The number of aromatic nitrogens is 1. The molecule has 0 unspecified atom stereocenters. The summed E-state index contributed by atoms with van der Waals surface area (Å²) in [6.45, 7) is 12.4. The van der Waals surface area contributed by atoms with Crippen LogP contribution in [0.5, 0.6) is 0 Å². The van der Waals surface area contributed by atoms with Crippen LogP contribution in [0.15, 0.2) is 30.5 Å². The molecule has 4 fully saturated rings. The summed E-state index contributed by atoms with van der Waals surface area (Å²) < 4.78 is 18.2. The Labute approximate surface area is 312 Å². The minimum Gasteiger partial charge on any atom is -0.463 e.